The fourth-order valence-electron chi connectivity index (χ4n) is 2.72. The van der Waals surface area contributed by atoms with Crippen LogP contribution in [0.25, 0.3) is 0 Å². The summed E-state index contributed by atoms with van der Waals surface area (Å²) in [6, 6.07) is 7.79. The van der Waals surface area contributed by atoms with E-state index >= 15 is 0 Å². The van der Waals surface area contributed by atoms with E-state index in [1.54, 1.807) is 16.7 Å². The summed E-state index contributed by atoms with van der Waals surface area (Å²) in [7, 11) is 1.84. The summed E-state index contributed by atoms with van der Waals surface area (Å²) in [5.74, 6) is 0.0367. The Bertz CT molecular complexity index is 519. The molecule has 1 aliphatic rings. The van der Waals surface area contributed by atoms with Gasteiger partial charge in [-0.3, -0.25) is 4.79 Å². The highest BCUT2D eigenvalue weighted by Crippen LogP contribution is 2.18. The molecule has 0 spiro atoms. The van der Waals surface area contributed by atoms with E-state index in [1.807, 2.05) is 38.2 Å². The van der Waals surface area contributed by atoms with Crippen LogP contribution < -0.4 is 0 Å². The minimum absolute atomic E-state index is 0.0367. The minimum Gasteiger partial charge on any atom is -0.450 e. The van der Waals surface area contributed by atoms with Gasteiger partial charge in [-0.2, -0.15) is 0 Å². The van der Waals surface area contributed by atoms with Crippen LogP contribution in [0, 0.1) is 6.92 Å². The average Bonchev–Trinajstić information content (AvgIpc) is 2.54. The molecule has 2 rings (SSSR count). The van der Waals surface area contributed by atoms with Crippen molar-refractivity contribution in [1.82, 2.24) is 9.80 Å². The molecule has 22 heavy (non-hydrogen) atoms. The first-order valence-electron chi connectivity index (χ1n) is 7.78. The van der Waals surface area contributed by atoms with Crippen LogP contribution in [-0.4, -0.2) is 54.6 Å². The Morgan fingerprint density at radius 2 is 1.82 bits per heavy atom. The van der Waals surface area contributed by atoms with Crippen molar-refractivity contribution in [2.45, 2.75) is 32.7 Å². The fraction of sp³-hybridized carbons (Fsp3) is 0.529. The highest BCUT2D eigenvalue weighted by Gasteiger charge is 2.28. The van der Waals surface area contributed by atoms with Crippen LogP contribution in [-0.2, 0) is 4.74 Å². The summed E-state index contributed by atoms with van der Waals surface area (Å²) in [5, 5.41) is 0. The Hall–Kier alpha value is -2.04. The first-order chi connectivity index (χ1) is 10.5. The van der Waals surface area contributed by atoms with Gasteiger partial charge in [0.15, 0.2) is 0 Å². The van der Waals surface area contributed by atoms with Crippen LogP contribution in [0.1, 0.15) is 35.7 Å². The van der Waals surface area contributed by atoms with E-state index in [-0.39, 0.29) is 18.0 Å². The smallest absolute Gasteiger partial charge is 0.409 e. The van der Waals surface area contributed by atoms with Crippen molar-refractivity contribution in [2.75, 3.05) is 26.7 Å². The molecule has 1 aromatic rings. The Balaban J connectivity index is 1.91. The number of nitrogens with zero attached hydrogens (tertiary/aromatic N) is 2. The topological polar surface area (TPSA) is 49.9 Å². The zero-order valence-electron chi connectivity index (χ0n) is 13.5. The van der Waals surface area contributed by atoms with Gasteiger partial charge in [-0.15, -0.1) is 0 Å². The van der Waals surface area contributed by atoms with Gasteiger partial charge < -0.3 is 14.5 Å². The van der Waals surface area contributed by atoms with Gasteiger partial charge in [-0.05, 0) is 38.8 Å². The largest absolute Gasteiger partial charge is 0.450 e. The lowest BCUT2D eigenvalue weighted by Crippen LogP contribution is -2.47. The molecule has 1 saturated heterocycles. The summed E-state index contributed by atoms with van der Waals surface area (Å²) in [5.41, 5.74) is 1.85. The van der Waals surface area contributed by atoms with Crippen molar-refractivity contribution >= 4 is 12.0 Å². The third kappa shape index (κ3) is 3.78. The molecule has 0 radical (unpaired) electrons. The van der Waals surface area contributed by atoms with Crippen LogP contribution in [0.15, 0.2) is 24.3 Å². The summed E-state index contributed by atoms with van der Waals surface area (Å²) >= 11 is 0. The van der Waals surface area contributed by atoms with Crippen LogP contribution in [0.4, 0.5) is 4.79 Å². The minimum atomic E-state index is -0.256. The van der Waals surface area contributed by atoms with Crippen molar-refractivity contribution in [2.24, 2.45) is 0 Å². The Kier molecular flexibility index (Phi) is 5.41. The quantitative estimate of drug-likeness (QED) is 0.862. The normalized spacial score (nSPS) is 15.5. The first kappa shape index (κ1) is 16.3. The Morgan fingerprint density at radius 1 is 1.23 bits per heavy atom. The third-order valence-corrected chi connectivity index (χ3v) is 4.16. The van der Waals surface area contributed by atoms with Gasteiger partial charge in [0.25, 0.3) is 5.91 Å². The van der Waals surface area contributed by atoms with Crippen LogP contribution in [0.5, 0.6) is 0 Å². The lowest BCUT2D eigenvalue weighted by Gasteiger charge is -2.36. The maximum Gasteiger partial charge on any atom is 0.409 e. The van der Waals surface area contributed by atoms with E-state index < -0.39 is 0 Å². The number of rotatable bonds is 3. The molecule has 0 unspecified atom stereocenters. The van der Waals surface area contributed by atoms with Gasteiger partial charge in [-0.25, -0.2) is 4.79 Å². The summed E-state index contributed by atoms with van der Waals surface area (Å²) in [6.45, 7) is 5.47. The van der Waals surface area contributed by atoms with E-state index in [9.17, 15) is 9.59 Å². The van der Waals surface area contributed by atoms with Gasteiger partial charge in [0.1, 0.15) is 0 Å². The number of carbonyl (C=O) groups excluding carboxylic acids is 2. The monoisotopic (exact) mass is 304 g/mol. The average molecular weight is 304 g/mol. The molecule has 1 aromatic carbocycles. The second-order valence-corrected chi connectivity index (χ2v) is 5.70. The van der Waals surface area contributed by atoms with Gasteiger partial charge >= 0.3 is 6.09 Å². The summed E-state index contributed by atoms with van der Waals surface area (Å²) in [6.07, 6.45) is 1.31. The second-order valence-electron chi connectivity index (χ2n) is 5.70. The Morgan fingerprint density at radius 3 is 2.36 bits per heavy atom. The van der Waals surface area contributed by atoms with Gasteiger partial charge in [0.2, 0.25) is 0 Å². The Labute approximate surface area is 131 Å². The maximum atomic E-state index is 12.5. The molecule has 1 heterocycles. The van der Waals surface area contributed by atoms with E-state index in [4.69, 9.17) is 4.74 Å². The number of piperidine rings is 1. The number of amides is 2. The van der Waals surface area contributed by atoms with E-state index in [0.29, 0.717) is 25.3 Å². The standard InChI is InChI=1S/C17H24N2O3/c1-4-22-17(21)19-11-9-15(10-12-19)18(3)16(20)14-7-5-13(2)6-8-14/h5-8,15H,4,9-12H2,1-3H3. The maximum absolute atomic E-state index is 12.5. The van der Waals surface area contributed by atoms with E-state index in [1.165, 1.54) is 0 Å². The molecule has 5 heteroatoms. The van der Waals surface area contributed by atoms with Crippen molar-refractivity contribution in [3.8, 4) is 0 Å². The molecule has 1 aliphatic heterocycles. The van der Waals surface area contributed by atoms with Crippen LogP contribution >= 0.6 is 0 Å². The molecule has 120 valence electrons. The molecule has 1 fully saturated rings. The lowest BCUT2D eigenvalue weighted by atomic mass is 10.0. The predicted octanol–water partition coefficient (Wildman–Crippen LogP) is 2.69. The summed E-state index contributed by atoms with van der Waals surface area (Å²) in [4.78, 5) is 27.7. The molecule has 0 saturated carbocycles. The fourth-order valence-corrected chi connectivity index (χ4v) is 2.72. The zero-order valence-corrected chi connectivity index (χ0v) is 13.5. The number of benzene rings is 1. The lowest BCUT2D eigenvalue weighted by molar-refractivity contribution is 0.0602. The highest BCUT2D eigenvalue weighted by atomic mass is 16.6. The zero-order chi connectivity index (χ0) is 16.1. The number of ether oxygens (including phenoxy) is 1. The number of hydrogen-bond donors (Lipinski definition) is 0. The van der Waals surface area contributed by atoms with Gasteiger partial charge in [0, 0.05) is 31.7 Å². The molecular formula is C17H24N2O3. The van der Waals surface area contributed by atoms with Crippen LogP contribution in [0.2, 0.25) is 0 Å². The first-order valence-corrected chi connectivity index (χ1v) is 7.78. The molecule has 5 nitrogen and oxygen atoms in total. The molecule has 0 aromatic heterocycles. The van der Waals surface area contributed by atoms with Gasteiger partial charge in [0.05, 0.1) is 6.61 Å². The number of carbonyl (C=O) groups is 2. The van der Waals surface area contributed by atoms with E-state index in [0.717, 1.165) is 18.4 Å². The van der Waals surface area contributed by atoms with Crippen molar-refractivity contribution in [3.05, 3.63) is 35.4 Å². The molecular weight excluding hydrogens is 280 g/mol. The number of likely N-dealkylation sites (tertiary alicyclic amines) is 1. The molecule has 2 amide bonds. The third-order valence-electron chi connectivity index (χ3n) is 4.16. The SMILES string of the molecule is CCOC(=O)N1CCC(N(C)C(=O)c2ccc(C)cc2)CC1. The van der Waals surface area contributed by atoms with E-state index in [2.05, 4.69) is 0 Å². The van der Waals surface area contributed by atoms with Crippen molar-refractivity contribution < 1.29 is 14.3 Å². The molecule has 0 aliphatic carbocycles. The van der Waals surface area contributed by atoms with Crippen molar-refractivity contribution in [1.29, 1.82) is 0 Å². The molecule has 0 bridgehead atoms. The molecule has 0 atom stereocenters. The molecule has 0 N–H and O–H groups in total. The second kappa shape index (κ2) is 7.29. The number of hydrogen-bond acceptors (Lipinski definition) is 3. The van der Waals surface area contributed by atoms with Crippen molar-refractivity contribution in [3.63, 3.8) is 0 Å². The highest BCUT2D eigenvalue weighted by molar-refractivity contribution is 5.94. The summed E-state index contributed by atoms with van der Waals surface area (Å²) < 4.78 is 5.01. The van der Waals surface area contributed by atoms with Crippen LogP contribution in [0.3, 0.4) is 0 Å². The number of aryl methyl sites for hydroxylation is 1. The van der Waals surface area contributed by atoms with Gasteiger partial charge in [-0.1, -0.05) is 17.7 Å². The predicted molar refractivity (Wildman–Crippen MR) is 84.9 cm³/mol.